The van der Waals surface area contributed by atoms with E-state index in [-0.39, 0.29) is 0 Å². The van der Waals surface area contributed by atoms with Crippen molar-refractivity contribution in [3.8, 4) is 0 Å². The minimum Gasteiger partial charge on any atom is -0.508 e. The average Bonchev–Trinajstić information content (AvgIpc) is 1.79. The Morgan fingerprint density at radius 3 is 2.62 bits per heavy atom. The van der Waals surface area contributed by atoms with E-state index in [1.165, 1.54) is 0 Å². The molecule has 1 aliphatic heterocycles. The molecule has 1 heterocycles. The highest BCUT2D eigenvalue weighted by Gasteiger charge is 2.09. The van der Waals surface area contributed by atoms with Crippen LogP contribution in [0.1, 0.15) is 6.92 Å². The van der Waals surface area contributed by atoms with Gasteiger partial charge in [0.1, 0.15) is 5.76 Å². The van der Waals surface area contributed by atoms with Crippen molar-refractivity contribution < 1.29 is 5.11 Å². The van der Waals surface area contributed by atoms with Gasteiger partial charge in [-0.1, -0.05) is 6.08 Å². The van der Waals surface area contributed by atoms with Crippen molar-refractivity contribution in [2.45, 2.75) is 6.92 Å². The van der Waals surface area contributed by atoms with Crippen LogP contribution in [0.4, 0.5) is 0 Å². The lowest BCUT2D eigenvalue weighted by molar-refractivity contribution is 0.356. The van der Waals surface area contributed by atoms with Crippen LogP contribution in [0.2, 0.25) is 0 Å². The van der Waals surface area contributed by atoms with E-state index in [2.05, 4.69) is 5.32 Å². The van der Waals surface area contributed by atoms with Crippen molar-refractivity contribution in [2.75, 3.05) is 6.54 Å². The maximum absolute atomic E-state index is 8.80. The highest BCUT2D eigenvalue weighted by atomic mass is 16.3. The van der Waals surface area contributed by atoms with Crippen molar-refractivity contribution in [1.29, 1.82) is 0 Å². The van der Waals surface area contributed by atoms with Crippen LogP contribution in [-0.4, -0.2) is 11.7 Å². The second kappa shape index (κ2) is 1.90. The summed E-state index contributed by atoms with van der Waals surface area (Å²) in [6.07, 6.45) is 3.73. The van der Waals surface area contributed by atoms with Crippen LogP contribution < -0.4 is 5.32 Å². The molecule has 0 bridgehead atoms. The normalized spacial score (nSPS) is 18.6. The fraction of sp³-hybridized carbons (Fsp3) is 0.333. The van der Waals surface area contributed by atoms with Gasteiger partial charge < -0.3 is 10.4 Å². The molecule has 0 fully saturated rings. The number of allylic oxidation sites excluding steroid dienone is 2. The van der Waals surface area contributed by atoms with Gasteiger partial charge in [-0.05, 0) is 13.0 Å². The molecule has 2 nitrogen and oxygen atoms in total. The zero-order valence-electron chi connectivity index (χ0n) is 4.81. The SMILES string of the molecule is C/C=C\C1=C(O)CN1. The Kier molecular flexibility index (Phi) is 1.24. The number of hydrogen-bond acceptors (Lipinski definition) is 2. The molecule has 0 saturated heterocycles. The van der Waals surface area contributed by atoms with Crippen molar-refractivity contribution in [2.24, 2.45) is 0 Å². The molecule has 0 aromatic heterocycles. The minimum atomic E-state index is 0.461. The van der Waals surface area contributed by atoms with E-state index in [9.17, 15) is 0 Å². The van der Waals surface area contributed by atoms with Crippen molar-refractivity contribution in [1.82, 2.24) is 5.32 Å². The van der Waals surface area contributed by atoms with Crippen LogP contribution in [-0.2, 0) is 0 Å². The fourth-order valence-corrected chi connectivity index (χ4v) is 0.591. The summed E-state index contributed by atoms with van der Waals surface area (Å²) in [7, 11) is 0. The monoisotopic (exact) mass is 111 g/mol. The third-order valence-corrected chi connectivity index (χ3v) is 1.09. The summed E-state index contributed by atoms with van der Waals surface area (Å²) in [5, 5.41) is 11.7. The predicted molar refractivity (Wildman–Crippen MR) is 32.5 cm³/mol. The highest BCUT2D eigenvalue weighted by molar-refractivity contribution is 5.28. The Balaban J connectivity index is 2.60. The molecule has 0 unspecified atom stereocenters. The van der Waals surface area contributed by atoms with Crippen LogP contribution in [0.5, 0.6) is 0 Å². The lowest BCUT2D eigenvalue weighted by Gasteiger charge is -2.17. The maximum atomic E-state index is 8.80. The van der Waals surface area contributed by atoms with E-state index in [4.69, 9.17) is 5.11 Å². The zero-order chi connectivity index (χ0) is 5.98. The van der Waals surface area contributed by atoms with Gasteiger partial charge in [0, 0.05) is 0 Å². The quantitative estimate of drug-likeness (QED) is 0.527. The molecule has 2 heteroatoms. The lowest BCUT2D eigenvalue weighted by Crippen LogP contribution is -2.28. The molecule has 0 spiro atoms. The number of nitrogens with one attached hydrogen (secondary N) is 1. The fourth-order valence-electron chi connectivity index (χ4n) is 0.591. The number of rotatable bonds is 1. The Labute approximate surface area is 48.5 Å². The van der Waals surface area contributed by atoms with Crippen LogP contribution in [0.15, 0.2) is 23.6 Å². The van der Waals surface area contributed by atoms with Crippen LogP contribution >= 0.6 is 0 Å². The van der Waals surface area contributed by atoms with Crippen molar-refractivity contribution in [3.63, 3.8) is 0 Å². The molecule has 0 aliphatic carbocycles. The predicted octanol–water partition coefficient (Wildman–Crippen LogP) is 0.935. The molecule has 0 saturated carbocycles. The van der Waals surface area contributed by atoms with Crippen LogP contribution in [0.3, 0.4) is 0 Å². The summed E-state index contributed by atoms with van der Waals surface area (Å²) < 4.78 is 0. The average molecular weight is 111 g/mol. The van der Waals surface area contributed by atoms with E-state index >= 15 is 0 Å². The molecule has 0 amide bonds. The first-order valence-electron chi connectivity index (χ1n) is 2.63. The van der Waals surface area contributed by atoms with Gasteiger partial charge >= 0.3 is 0 Å². The molecule has 8 heavy (non-hydrogen) atoms. The molecule has 0 aromatic rings. The van der Waals surface area contributed by atoms with Gasteiger partial charge in [-0.2, -0.15) is 0 Å². The van der Waals surface area contributed by atoms with Crippen LogP contribution in [0, 0.1) is 0 Å². The molecule has 0 aromatic carbocycles. The summed E-state index contributed by atoms with van der Waals surface area (Å²) >= 11 is 0. The first-order valence-corrected chi connectivity index (χ1v) is 2.63. The van der Waals surface area contributed by atoms with Crippen LogP contribution in [0.25, 0.3) is 0 Å². The smallest absolute Gasteiger partial charge is 0.134 e. The third-order valence-electron chi connectivity index (χ3n) is 1.09. The van der Waals surface area contributed by atoms with Crippen molar-refractivity contribution >= 4 is 0 Å². The Bertz CT molecular complexity index is 147. The van der Waals surface area contributed by atoms with Gasteiger partial charge in [0.2, 0.25) is 0 Å². The molecule has 2 N–H and O–H groups in total. The Morgan fingerprint density at radius 1 is 1.75 bits per heavy atom. The molecule has 1 rings (SSSR count). The first-order chi connectivity index (χ1) is 3.84. The van der Waals surface area contributed by atoms with Gasteiger partial charge in [0.15, 0.2) is 0 Å². The summed E-state index contributed by atoms with van der Waals surface area (Å²) in [5.74, 6) is 0.461. The maximum Gasteiger partial charge on any atom is 0.134 e. The highest BCUT2D eigenvalue weighted by Crippen LogP contribution is 2.07. The van der Waals surface area contributed by atoms with E-state index in [1.807, 2.05) is 19.1 Å². The summed E-state index contributed by atoms with van der Waals surface area (Å²) in [4.78, 5) is 0. The standard InChI is InChI=1S/C6H9NO/c1-2-3-5-6(8)4-7-5/h2-3,7-8H,4H2,1H3/b3-2-. The van der Waals surface area contributed by atoms with E-state index in [0.717, 1.165) is 5.70 Å². The molecular weight excluding hydrogens is 102 g/mol. The number of aliphatic hydroxyl groups excluding tert-OH is 1. The molecular formula is C6H9NO. The van der Waals surface area contributed by atoms with Gasteiger partial charge in [0.05, 0.1) is 12.2 Å². The topological polar surface area (TPSA) is 32.3 Å². The molecule has 44 valence electrons. The minimum absolute atomic E-state index is 0.461. The van der Waals surface area contributed by atoms with Gasteiger partial charge in [-0.15, -0.1) is 0 Å². The largest absolute Gasteiger partial charge is 0.508 e. The number of hydrogen-bond donors (Lipinski definition) is 2. The summed E-state index contributed by atoms with van der Waals surface area (Å²) in [6, 6.07) is 0. The molecule has 1 aliphatic rings. The van der Waals surface area contributed by atoms with Gasteiger partial charge in [-0.25, -0.2) is 0 Å². The van der Waals surface area contributed by atoms with Gasteiger partial charge in [0.25, 0.3) is 0 Å². The second-order valence-electron chi connectivity index (χ2n) is 1.71. The Hall–Kier alpha value is -0.920. The van der Waals surface area contributed by atoms with Gasteiger partial charge in [-0.3, -0.25) is 0 Å². The zero-order valence-corrected chi connectivity index (χ0v) is 4.81. The van der Waals surface area contributed by atoms with E-state index < -0.39 is 0 Å². The number of aliphatic hydroxyl groups is 1. The summed E-state index contributed by atoms with van der Waals surface area (Å²) in [5.41, 5.74) is 0.854. The summed E-state index contributed by atoms with van der Waals surface area (Å²) in [6.45, 7) is 2.54. The second-order valence-corrected chi connectivity index (χ2v) is 1.71. The first kappa shape index (κ1) is 5.22. The molecule has 0 radical (unpaired) electrons. The Morgan fingerprint density at radius 2 is 2.50 bits per heavy atom. The molecule has 0 atom stereocenters. The third kappa shape index (κ3) is 0.689. The van der Waals surface area contributed by atoms with E-state index in [0.29, 0.717) is 12.3 Å². The van der Waals surface area contributed by atoms with Crippen molar-refractivity contribution in [3.05, 3.63) is 23.6 Å². The lowest BCUT2D eigenvalue weighted by atomic mass is 10.2. The van der Waals surface area contributed by atoms with E-state index in [1.54, 1.807) is 0 Å².